The molecule has 0 bridgehead atoms. The highest BCUT2D eigenvalue weighted by atomic mass is 19.1. The molecule has 2 atom stereocenters. The summed E-state index contributed by atoms with van der Waals surface area (Å²) in [6.45, 7) is 2.50. The molecule has 248 valence electrons. The van der Waals surface area contributed by atoms with Crippen LogP contribution in [-0.4, -0.2) is 75.2 Å². The zero-order chi connectivity index (χ0) is 32.7. The molecule has 0 spiro atoms. The number of ether oxygens (including phenoxy) is 5. The Balaban J connectivity index is 1.32. The average molecular weight is 639 g/mol. The number of carboxylic acid groups (broad SMARTS) is 1. The third kappa shape index (κ3) is 10.4. The van der Waals surface area contributed by atoms with E-state index in [1.807, 2.05) is 48.5 Å². The van der Waals surface area contributed by atoms with Crippen molar-refractivity contribution in [3.8, 4) is 11.5 Å². The highest BCUT2D eigenvalue weighted by Crippen LogP contribution is 2.33. The Labute approximate surface area is 269 Å². The first kappa shape index (κ1) is 34.7. The lowest BCUT2D eigenvalue weighted by molar-refractivity contribution is -0.116. The van der Waals surface area contributed by atoms with Crippen molar-refractivity contribution in [2.45, 2.75) is 50.9 Å². The van der Waals surface area contributed by atoms with Gasteiger partial charge in [-0.05, 0) is 54.8 Å². The molecule has 0 aromatic heterocycles. The average Bonchev–Trinajstić information content (AvgIpc) is 3.07. The smallest absolute Gasteiger partial charge is 0.407 e. The van der Waals surface area contributed by atoms with E-state index in [9.17, 15) is 19.1 Å². The number of halogens is 1. The maximum absolute atomic E-state index is 14.2. The Bertz CT molecular complexity index is 1400. The molecular formula is C35H43FN2O8. The maximum Gasteiger partial charge on any atom is 0.407 e. The van der Waals surface area contributed by atoms with E-state index in [0.29, 0.717) is 57.1 Å². The van der Waals surface area contributed by atoms with E-state index in [1.165, 1.54) is 23.1 Å². The molecule has 2 amide bonds. The van der Waals surface area contributed by atoms with Crippen LogP contribution in [0, 0.1) is 5.82 Å². The van der Waals surface area contributed by atoms with Crippen LogP contribution in [0.15, 0.2) is 66.7 Å². The van der Waals surface area contributed by atoms with Crippen LogP contribution in [0.25, 0.3) is 0 Å². The number of nitrogens with zero attached hydrogens (tertiary/aromatic N) is 1. The van der Waals surface area contributed by atoms with Gasteiger partial charge in [-0.2, -0.15) is 0 Å². The molecule has 1 aliphatic heterocycles. The second kappa shape index (κ2) is 18.1. The predicted octanol–water partition coefficient (Wildman–Crippen LogP) is 6.24. The van der Waals surface area contributed by atoms with Crippen LogP contribution in [0.3, 0.4) is 0 Å². The molecule has 3 aromatic carbocycles. The third-order valence-corrected chi connectivity index (χ3v) is 7.84. The van der Waals surface area contributed by atoms with Gasteiger partial charge in [0.1, 0.15) is 17.3 Å². The molecule has 1 aliphatic rings. The van der Waals surface area contributed by atoms with Gasteiger partial charge in [-0.25, -0.2) is 9.18 Å². The van der Waals surface area contributed by atoms with E-state index in [4.69, 9.17) is 23.7 Å². The first-order chi connectivity index (χ1) is 22.4. The molecule has 0 aliphatic carbocycles. The molecule has 2 N–H and O–H groups in total. The van der Waals surface area contributed by atoms with E-state index >= 15 is 0 Å². The van der Waals surface area contributed by atoms with Gasteiger partial charge in [-0.15, -0.1) is 0 Å². The van der Waals surface area contributed by atoms with Gasteiger partial charge in [0.2, 0.25) is 5.91 Å². The Morgan fingerprint density at radius 2 is 1.76 bits per heavy atom. The van der Waals surface area contributed by atoms with Gasteiger partial charge >= 0.3 is 6.09 Å². The minimum atomic E-state index is -1.02. The van der Waals surface area contributed by atoms with Crippen LogP contribution in [0.2, 0.25) is 0 Å². The normalized spacial score (nSPS) is 16.2. The monoisotopic (exact) mass is 638 g/mol. The number of rotatable bonds is 17. The summed E-state index contributed by atoms with van der Waals surface area (Å²) in [6.07, 6.45) is 0.611. The van der Waals surface area contributed by atoms with Crippen molar-refractivity contribution in [1.82, 2.24) is 4.90 Å². The predicted molar refractivity (Wildman–Crippen MR) is 171 cm³/mol. The minimum Gasteiger partial charge on any atom is -0.496 e. The summed E-state index contributed by atoms with van der Waals surface area (Å²) < 4.78 is 42.5. The van der Waals surface area contributed by atoms with Crippen LogP contribution >= 0.6 is 0 Å². The van der Waals surface area contributed by atoms with Gasteiger partial charge < -0.3 is 39.0 Å². The summed E-state index contributed by atoms with van der Waals surface area (Å²) in [5, 5.41) is 12.5. The van der Waals surface area contributed by atoms with Gasteiger partial charge in [-0.1, -0.05) is 30.3 Å². The Hall–Kier alpha value is -4.19. The van der Waals surface area contributed by atoms with Gasteiger partial charge in [-0.3, -0.25) is 4.79 Å². The Morgan fingerprint density at radius 1 is 0.957 bits per heavy atom. The summed E-state index contributed by atoms with van der Waals surface area (Å²) in [5.41, 5.74) is 2.92. The number of methoxy groups -OCH3 is 2. The van der Waals surface area contributed by atoms with E-state index in [0.717, 1.165) is 29.0 Å². The summed E-state index contributed by atoms with van der Waals surface area (Å²) in [5.74, 6) is 0.770. The summed E-state index contributed by atoms with van der Waals surface area (Å²) >= 11 is 0. The van der Waals surface area contributed by atoms with E-state index in [-0.39, 0.29) is 31.4 Å². The van der Waals surface area contributed by atoms with Crippen molar-refractivity contribution in [3.05, 3.63) is 89.2 Å². The number of amides is 2. The standard InChI is InChI=1S/C35H43FN2O8/c1-42-18-5-9-34(39)37-31-15-12-28(36)21-27(31)24-46-33-22-38(35(40)41)17-16-30(33)25-10-13-29(14-11-25)45-20-6-19-44-23-26-7-3-4-8-32(26)43-2/h3-4,7-8,10-15,21,30,33H,5-6,9,16-20,22-24H2,1-2H3,(H,37,39)(H,40,41). The largest absolute Gasteiger partial charge is 0.496 e. The van der Waals surface area contributed by atoms with Crippen molar-refractivity contribution in [3.63, 3.8) is 0 Å². The summed E-state index contributed by atoms with van der Waals surface area (Å²) in [4.78, 5) is 25.5. The van der Waals surface area contributed by atoms with Crippen LogP contribution in [0.4, 0.5) is 14.9 Å². The molecular weight excluding hydrogens is 595 g/mol. The molecule has 46 heavy (non-hydrogen) atoms. The number of anilines is 1. The minimum absolute atomic E-state index is 0.000386. The maximum atomic E-state index is 14.2. The lowest BCUT2D eigenvalue weighted by Crippen LogP contribution is -2.46. The molecule has 0 radical (unpaired) electrons. The van der Waals surface area contributed by atoms with Crippen LogP contribution in [0.5, 0.6) is 11.5 Å². The molecule has 1 heterocycles. The fourth-order valence-corrected chi connectivity index (χ4v) is 5.40. The lowest BCUT2D eigenvalue weighted by Gasteiger charge is -2.37. The van der Waals surface area contributed by atoms with Gasteiger partial charge in [0.05, 0.1) is 46.2 Å². The number of para-hydroxylation sites is 1. The quantitative estimate of drug-likeness (QED) is 0.167. The number of benzene rings is 3. The van der Waals surface area contributed by atoms with Crippen molar-refractivity contribution in [1.29, 1.82) is 0 Å². The van der Waals surface area contributed by atoms with Gasteiger partial charge in [0, 0.05) is 55.8 Å². The van der Waals surface area contributed by atoms with E-state index < -0.39 is 18.0 Å². The number of piperidine rings is 1. The summed E-state index contributed by atoms with van der Waals surface area (Å²) in [7, 11) is 3.21. The zero-order valence-electron chi connectivity index (χ0n) is 26.4. The lowest BCUT2D eigenvalue weighted by atomic mass is 9.87. The van der Waals surface area contributed by atoms with Crippen LogP contribution in [0.1, 0.15) is 48.3 Å². The number of hydrogen-bond donors (Lipinski definition) is 2. The molecule has 10 nitrogen and oxygen atoms in total. The molecule has 1 fully saturated rings. The van der Waals surface area contributed by atoms with E-state index in [1.54, 1.807) is 14.2 Å². The fraction of sp³-hybridized carbons (Fsp3) is 0.429. The molecule has 4 rings (SSSR count). The number of carbonyl (C=O) groups excluding carboxylic acids is 1. The van der Waals surface area contributed by atoms with Crippen LogP contribution in [-0.2, 0) is 32.2 Å². The molecule has 2 unspecified atom stereocenters. The number of nitrogens with one attached hydrogen (secondary N) is 1. The molecule has 1 saturated heterocycles. The number of carbonyl (C=O) groups is 2. The van der Waals surface area contributed by atoms with Crippen molar-refractivity contribution in [2.24, 2.45) is 0 Å². The first-order valence-corrected chi connectivity index (χ1v) is 15.5. The van der Waals surface area contributed by atoms with Crippen LogP contribution < -0.4 is 14.8 Å². The third-order valence-electron chi connectivity index (χ3n) is 7.84. The number of likely N-dealkylation sites (tertiary alicyclic amines) is 1. The van der Waals surface area contributed by atoms with Crippen molar-refractivity contribution in [2.75, 3.05) is 52.4 Å². The first-order valence-electron chi connectivity index (χ1n) is 15.5. The van der Waals surface area contributed by atoms with E-state index in [2.05, 4.69) is 5.32 Å². The molecule has 11 heteroatoms. The topological polar surface area (TPSA) is 116 Å². The highest BCUT2D eigenvalue weighted by molar-refractivity contribution is 5.91. The molecule has 0 saturated carbocycles. The number of hydrogen-bond acceptors (Lipinski definition) is 7. The second-order valence-corrected chi connectivity index (χ2v) is 11.1. The molecule has 3 aromatic rings. The zero-order valence-corrected chi connectivity index (χ0v) is 26.4. The second-order valence-electron chi connectivity index (χ2n) is 11.1. The van der Waals surface area contributed by atoms with Gasteiger partial charge in [0.25, 0.3) is 0 Å². The van der Waals surface area contributed by atoms with Crippen molar-refractivity contribution < 1.29 is 42.8 Å². The fourth-order valence-electron chi connectivity index (χ4n) is 5.40. The highest BCUT2D eigenvalue weighted by Gasteiger charge is 2.33. The Kier molecular flexibility index (Phi) is 13.6. The summed E-state index contributed by atoms with van der Waals surface area (Å²) in [6, 6.07) is 19.6. The van der Waals surface area contributed by atoms with Gasteiger partial charge in [0.15, 0.2) is 0 Å². The SMILES string of the molecule is COCCCC(=O)Nc1ccc(F)cc1COC1CN(C(=O)O)CCC1c1ccc(OCCCOCc2ccccc2OC)cc1. The van der Waals surface area contributed by atoms with Crippen molar-refractivity contribution >= 4 is 17.7 Å². The Morgan fingerprint density at radius 3 is 2.52 bits per heavy atom.